The number of halogens is 3. The van der Waals surface area contributed by atoms with Gasteiger partial charge in [0.2, 0.25) is 0 Å². The molecule has 1 aromatic carbocycles. The molecule has 0 fully saturated rings. The van der Waals surface area contributed by atoms with Crippen LogP contribution < -0.4 is 15.4 Å². The van der Waals surface area contributed by atoms with Gasteiger partial charge in [-0.3, -0.25) is 4.79 Å². The van der Waals surface area contributed by atoms with Gasteiger partial charge in [0, 0.05) is 12.1 Å². The molecule has 0 aliphatic carbocycles. The van der Waals surface area contributed by atoms with Gasteiger partial charge in [-0.05, 0) is 38.2 Å². The van der Waals surface area contributed by atoms with Gasteiger partial charge < -0.3 is 15.4 Å². The fourth-order valence-corrected chi connectivity index (χ4v) is 1.38. The number of hydrogen-bond acceptors (Lipinski definition) is 3. The zero-order valence-electron chi connectivity index (χ0n) is 10.5. The maximum absolute atomic E-state index is 12.0. The first-order chi connectivity index (χ1) is 8.63. The Morgan fingerprint density at radius 2 is 2.11 bits per heavy atom. The first-order valence-electron chi connectivity index (χ1n) is 5.61. The van der Waals surface area contributed by atoms with Crippen LogP contribution in [0.25, 0.3) is 0 Å². The molecule has 19 heavy (non-hydrogen) atoms. The molecule has 0 spiro atoms. The quantitative estimate of drug-likeness (QED) is 0.757. The predicted octanol–water partition coefficient (Wildman–Crippen LogP) is 2.05. The summed E-state index contributed by atoms with van der Waals surface area (Å²) in [4.78, 5) is 11.7. The van der Waals surface area contributed by atoms with Crippen LogP contribution in [0.3, 0.4) is 0 Å². The Bertz CT molecular complexity index is 392. The lowest BCUT2D eigenvalue weighted by atomic mass is 10.2. The topological polar surface area (TPSA) is 50.4 Å². The largest absolute Gasteiger partial charge is 0.435 e. The minimum atomic E-state index is -2.89. The third-order valence-electron chi connectivity index (χ3n) is 2.21. The average molecular weight is 295 g/mol. The molecule has 0 unspecified atom stereocenters. The molecule has 1 aromatic rings. The maximum atomic E-state index is 12.0. The first kappa shape index (κ1) is 17.6. The minimum Gasteiger partial charge on any atom is -0.435 e. The number of alkyl halides is 2. The van der Waals surface area contributed by atoms with Gasteiger partial charge in [0.1, 0.15) is 5.75 Å². The highest BCUT2D eigenvalue weighted by molar-refractivity contribution is 5.94. The van der Waals surface area contributed by atoms with Crippen LogP contribution in [-0.2, 0) is 0 Å². The lowest BCUT2D eigenvalue weighted by Crippen LogP contribution is -2.26. The molecule has 1 rings (SSSR count). The molecule has 108 valence electrons. The van der Waals surface area contributed by atoms with Gasteiger partial charge >= 0.3 is 6.61 Å². The van der Waals surface area contributed by atoms with Gasteiger partial charge in [0.15, 0.2) is 0 Å². The highest BCUT2D eigenvalue weighted by Gasteiger charge is 2.08. The third kappa shape index (κ3) is 6.93. The molecule has 0 radical (unpaired) electrons. The minimum absolute atomic E-state index is 0. The van der Waals surface area contributed by atoms with E-state index in [0.29, 0.717) is 12.1 Å². The second-order valence-corrected chi connectivity index (χ2v) is 3.62. The monoisotopic (exact) mass is 294 g/mol. The molecule has 0 heterocycles. The van der Waals surface area contributed by atoms with E-state index in [4.69, 9.17) is 0 Å². The molecule has 4 nitrogen and oxygen atoms in total. The summed E-state index contributed by atoms with van der Waals surface area (Å²) in [7, 11) is 1.83. The molecule has 2 N–H and O–H groups in total. The average Bonchev–Trinajstić information content (AvgIpc) is 2.34. The molecular weight excluding hydrogens is 278 g/mol. The summed E-state index contributed by atoms with van der Waals surface area (Å²) in [6.07, 6.45) is 0.801. The van der Waals surface area contributed by atoms with E-state index in [-0.39, 0.29) is 24.1 Å². The molecule has 7 heteroatoms. The van der Waals surface area contributed by atoms with Crippen molar-refractivity contribution in [3.63, 3.8) is 0 Å². The molecule has 1 amide bonds. The Balaban J connectivity index is 0.00000324. The van der Waals surface area contributed by atoms with Crippen LogP contribution in [-0.4, -0.2) is 32.7 Å². The first-order valence-corrected chi connectivity index (χ1v) is 5.61. The van der Waals surface area contributed by atoms with Crippen LogP contribution >= 0.6 is 12.4 Å². The maximum Gasteiger partial charge on any atom is 0.387 e. The smallest absolute Gasteiger partial charge is 0.387 e. The molecule has 0 atom stereocenters. The van der Waals surface area contributed by atoms with Gasteiger partial charge in [-0.25, -0.2) is 0 Å². The zero-order chi connectivity index (χ0) is 13.4. The van der Waals surface area contributed by atoms with Crippen molar-refractivity contribution in [2.45, 2.75) is 13.0 Å². The summed E-state index contributed by atoms with van der Waals surface area (Å²) >= 11 is 0. The molecule has 0 aliphatic rings. The number of rotatable bonds is 7. The van der Waals surface area contributed by atoms with E-state index in [1.165, 1.54) is 18.2 Å². The number of amides is 1. The highest BCUT2D eigenvalue weighted by Crippen LogP contribution is 2.15. The number of carbonyl (C=O) groups is 1. The van der Waals surface area contributed by atoms with E-state index in [1.807, 2.05) is 7.05 Å². The Morgan fingerprint density at radius 3 is 2.74 bits per heavy atom. The molecule has 0 aliphatic heterocycles. The van der Waals surface area contributed by atoms with E-state index in [2.05, 4.69) is 15.4 Å². The summed E-state index contributed by atoms with van der Waals surface area (Å²) in [5.74, 6) is -0.321. The number of ether oxygens (including phenoxy) is 1. The van der Waals surface area contributed by atoms with Crippen molar-refractivity contribution in [2.75, 3.05) is 20.1 Å². The third-order valence-corrected chi connectivity index (χ3v) is 2.21. The molecule has 0 bridgehead atoms. The Hall–Kier alpha value is -1.40. The van der Waals surface area contributed by atoms with Crippen LogP contribution in [0.2, 0.25) is 0 Å². The summed E-state index contributed by atoms with van der Waals surface area (Å²) in [6, 6.07) is 5.72. The predicted molar refractivity (Wildman–Crippen MR) is 71.2 cm³/mol. The van der Waals surface area contributed by atoms with Crippen molar-refractivity contribution in [3.05, 3.63) is 29.8 Å². The van der Waals surface area contributed by atoms with Gasteiger partial charge in [0.05, 0.1) is 0 Å². The normalized spacial score (nSPS) is 9.89. The van der Waals surface area contributed by atoms with Crippen molar-refractivity contribution in [1.29, 1.82) is 0 Å². The van der Waals surface area contributed by atoms with Gasteiger partial charge in [-0.1, -0.05) is 6.07 Å². The SMILES string of the molecule is CNCCCNC(=O)c1cccc(OC(F)F)c1.Cl. The standard InChI is InChI=1S/C12H16F2N2O2.ClH/c1-15-6-3-7-16-11(17)9-4-2-5-10(8-9)18-12(13)14;/h2,4-5,8,12,15H,3,6-7H2,1H3,(H,16,17);1H. The summed E-state index contributed by atoms with van der Waals surface area (Å²) < 4.78 is 28.2. The van der Waals surface area contributed by atoms with Gasteiger partial charge in [-0.2, -0.15) is 8.78 Å². The van der Waals surface area contributed by atoms with Crippen molar-refractivity contribution in [2.24, 2.45) is 0 Å². The van der Waals surface area contributed by atoms with E-state index < -0.39 is 6.61 Å². The van der Waals surface area contributed by atoms with Crippen molar-refractivity contribution in [3.8, 4) is 5.75 Å². The van der Waals surface area contributed by atoms with E-state index in [0.717, 1.165) is 13.0 Å². The van der Waals surface area contributed by atoms with Crippen LogP contribution in [0.1, 0.15) is 16.8 Å². The van der Waals surface area contributed by atoms with E-state index in [9.17, 15) is 13.6 Å². The summed E-state index contributed by atoms with van der Waals surface area (Å²) in [5, 5.41) is 5.65. The van der Waals surface area contributed by atoms with Crippen molar-refractivity contribution >= 4 is 18.3 Å². The lowest BCUT2D eigenvalue weighted by Gasteiger charge is -2.07. The second kappa shape index (κ2) is 9.52. The fraction of sp³-hybridized carbons (Fsp3) is 0.417. The van der Waals surface area contributed by atoms with Crippen molar-refractivity contribution in [1.82, 2.24) is 10.6 Å². The van der Waals surface area contributed by atoms with Gasteiger partial charge in [-0.15, -0.1) is 12.4 Å². The van der Waals surface area contributed by atoms with E-state index >= 15 is 0 Å². The number of nitrogens with one attached hydrogen (secondary N) is 2. The number of hydrogen-bond donors (Lipinski definition) is 2. The Kier molecular flexibility index (Phi) is 8.82. The van der Waals surface area contributed by atoms with Crippen molar-refractivity contribution < 1.29 is 18.3 Å². The highest BCUT2D eigenvalue weighted by atomic mass is 35.5. The molecule has 0 saturated heterocycles. The second-order valence-electron chi connectivity index (χ2n) is 3.62. The lowest BCUT2D eigenvalue weighted by molar-refractivity contribution is -0.0498. The molecule has 0 saturated carbocycles. The number of benzene rings is 1. The number of carbonyl (C=O) groups excluding carboxylic acids is 1. The summed E-state index contributed by atoms with van der Waals surface area (Å²) in [6.45, 7) is -1.56. The van der Waals surface area contributed by atoms with E-state index in [1.54, 1.807) is 6.07 Å². The van der Waals surface area contributed by atoms with Crippen LogP contribution in [0.15, 0.2) is 24.3 Å². The zero-order valence-corrected chi connectivity index (χ0v) is 11.3. The summed E-state index contributed by atoms with van der Waals surface area (Å²) in [5.41, 5.74) is 0.303. The van der Waals surface area contributed by atoms with Gasteiger partial charge in [0.25, 0.3) is 5.91 Å². The van der Waals surface area contributed by atoms with Crippen LogP contribution in [0.5, 0.6) is 5.75 Å². The molecular formula is C12H17ClF2N2O2. The Morgan fingerprint density at radius 1 is 1.37 bits per heavy atom. The van der Waals surface area contributed by atoms with Crippen LogP contribution in [0.4, 0.5) is 8.78 Å². The Labute approximate surface area is 116 Å². The fourth-order valence-electron chi connectivity index (χ4n) is 1.38. The molecule has 0 aromatic heterocycles. The van der Waals surface area contributed by atoms with Crippen LogP contribution in [0, 0.1) is 0 Å².